The summed E-state index contributed by atoms with van der Waals surface area (Å²) in [5, 5.41) is 14.8. The maximum Gasteiger partial charge on any atom is 0.0990 e. The van der Waals surface area contributed by atoms with Crippen molar-refractivity contribution < 1.29 is 5.11 Å². The predicted molar refractivity (Wildman–Crippen MR) is 66.4 cm³/mol. The summed E-state index contributed by atoms with van der Waals surface area (Å²) in [6.07, 6.45) is 7.98. The van der Waals surface area contributed by atoms with Gasteiger partial charge in [-0.2, -0.15) is 5.10 Å². The Balaban J connectivity index is 1.73. The molecule has 0 amide bonds. The van der Waals surface area contributed by atoms with Gasteiger partial charge in [-0.3, -0.25) is 4.68 Å². The minimum Gasteiger partial charge on any atom is -0.387 e. The fraction of sp³-hybridized carbons (Fsp3) is 0.786. The van der Waals surface area contributed by atoms with Crippen molar-refractivity contribution in [1.82, 2.24) is 9.78 Å². The van der Waals surface area contributed by atoms with Crippen LogP contribution in [0.15, 0.2) is 12.3 Å². The molecule has 1 aromatic heterocycles. The van der Waals surface area contributed by atoms with Crippen molar-refractivity contribution in [1.29, 1.82) is 0 Å². The number of aromatic nitrogens is 2. The Bertz CT molecular complexity index is 375. The number of fused-ring (bicyclic) bond motifs is 1. The maximum atomic E-state index is 10.5. The number of hydrogen-bond donors (Lipinski definition) is 1. The zero-order valence-corrected chi connectivity index (χ0v) is 10.5. The van der Waals surface area contributed by atoms with Gasteiger partial charge in [0.2, 0.25) is 0 Å². The van der Waals surface area contributed by atoms with Crippen LogP contribution in [-0.4, -0.2) is 14.9 Å². The standard InChI is InChI=1S/C14H22N2O/c1-2-9-16-12(7-8-15-16)14(17)13-10-5-3-4-6-11(10)13/h7-8,10-11,13-14,17H,2-6,9H2,1H3. The van der Waals surface area contributed by atoms with Crippen LogP contribution in [0.3, 0.4) is 0 Å². The van der Waals surface area contributed by atoms with Crippen LogP contribution in [0.5, 0.6) is 0 Å². The van der Waals surface area contributed by atoms with E-state index in [4.69, 9.17) is 0 Å². The lowest BCUT2D eigenvalue weighted by atomic mass is 10.0. The maximum absolute atomic E-state index is 10.5. The highest BCUT2D eigenvalue weighted by molar-refractivity contribution is 5.13. The van der Waals surface area contributed by atoms with Crippen LogP contribution in [0, 0.1) is 17.8 Å². The molecular formula is C14H22N2O. The average molecular weight is 234 g/mol. The van der Waals surface area contributed by atoms with E-state index in [1.165, 1.54) is 25.7 Å². The molecule has 2 fully saturated rings. The quantitative estimate of drug-likeness (QED) is 0.870. The van der Waals surface area contributed by atoms with E-state index < -0.39 is 0 Å². The summed E-state index contributed by atoms with van der Waals surface area (Å²) in [4.78, 5) is 0. The molecule has 17 heavy (non-hydrogen) atoms. The van der Waals surface area contributed by atoms with Crippen molar-refractivity contribution in [2.24, 2.45) is 17.8 Å². The highest BCUT2D eigenvalue weighted by atomic mass is 16.3. The van der Waals surface area contributed by atoms with Crippen molar-refractivity contribution >= 4 is 0 Å². The van der Waals surface area contributed by atoms with Gasteiger partial charge in [-0.25, -0.2) is 0 Å². The molecular weight excluding hydrogens is 212 g/mol. The molecule has 2 aliphatic carbocycles. The highest BCUT2D eigenvalue weighted by Gasteiger charge is 2.54. The van der Waals surface area contributed by atoms with Gasteiger partial charge in [-0.15, -0.1) is 0 Å². The van der Waals surface area contributed by atoms with Gasteiger partial charge >= 0.3 is 0 Å². The second-order valence-corrected chi connectivity index (χ2v) is 5.61. The minimum absolute atomic E-state index is 0.280. The van der Waals surface area contributed by atoms with E-state index in [0.29, 0.717) is 5.92 Å². The molecule has 2 saturated carbocycles. The Hall–Kier alpha value is -0.830. The smallest absolute Gasteiger partial charge is 0.0990 e. The lowest BCUT2D eigenvalue weighted by Crippen LogP contribution is -2.11. The van der Waals surface area contributed by atoms with E-state index in [2.05, 4.69) is 12.0 Å². The number of hydrogen-bond acceptors (Lipinski definition) is 2. The lowest BCUT2D eigenvalue weighted by molar-refractivity contribution is 0.131. The molecule has 1 N–H and O–H groups in total. The summed E-state index contributed by atoms with van der Waals surface area (Å²) in [7, 11) is 0. The SMILES string of the molecule is CCCn1nccc1C(O)C1C2CCCCC21. The molecule has 3 nitrogen and oxygen atoms in total. The molecule has 1 heterocycles. The third kappa shape index (κ3) is 1.90. The fourth-order valence-electron chi connectivity index (χ4n) is 3.71. The second kappa shape index (κ2) is 4.45. The topological polar surface area (TPSA) is 38.0 Å². The summed E-state index contributed by atoms with van der Waals surface area (Å²) < 4.78 is 1.98. The minimum atomic E-state index is -0.280. The van der Waals surface area contributed by atoms with Gasteiger partial charge in [0, 0.05) is 12.7 Å². The number of aliphatic hydroxyl groups is 1. The predicted octanol–water partition coefficient (Wildman–Crippen LogP) is 2.76. The summed E-state index contributed by atoms with van der Waals surface area (Å²) in [5.41, 5.74) is 1.03. The van der Waals surface area contributed by atoms with Gasteiger partial charge in [-0.05, 0) is 43.1 Å². The number of nitrogens with zero attached hydrogens (tertiary/aromatic N) is 2. The largest absolute Gasteiger partial charge is 0.387 e. The molecule has 0 bridgehead atoms. The van der Waals surface area contributed by atoms with Crippen molar-refractivity contribution in [3.05, 3.63) is 18.0 Å². The van der Waals surface area contributed by atoms with E-state index in [0.717, 1.165) is 30.5 Å². The zero-order chi connectivity index (χ0) is 11.8. The van der Waals surface area contributed by atoms with Crippen molar-refractivity contribution in [3.63, 3.8) is 0 Å². The zero-order valence-electron chi connectivity index (χ0n) is 10.5. The summed E-state index contributed by atoms with van der Waals surface area (Å²) in [6, 6.07) is 1.99. The normalized spacial score (nSPS) is 33.2. The molecule has 3 atom stereocenters. The van der Waals surface area contributed by atoms with Crippen molar-refractivity contribution in [2.75, 3.05) is 0 Å². The fourth-order valence-corrected chi connectivity index (χ4v) is 3.71. The second-order valence-electron chi connectivity index (χ2n) is 5.61. The first-order valence-corrected chi connectivity index (χ1v) is 7.02. The molecule has 3 rings (SSSR count). The Kier molecular flexibility index (Phi) is 2.95. The molecule has 0 aromatic carbocycles. The van der Waals surface area contributed by atoms with Crippen molar-refractivity contribution in [2.45, 2.75) is 51.7 Å². The first kappa shape index (κ1) is 11.3. The van der Waals surface area contributed by atoms with Gasteiger partial charge in [0.15, 0.2) is 0 Å². The third-order valence-corrected chi connectivity index (χ3v) is 4.58. The number of aryl methyl sites for hydroxylation is 1. The van der Waals surface area contributed by atoms with Crippen LogP contribution in [0.2, 0.25) is 0 Å². The molecule has 1 aromatic rings. The molecule has 3 heteroatoms. The number of rotatable bonds is 4. The van der Waals surface area contributed by atoms with Crippen LogP contribution in [-0.2, 0) is 6.54 Å². The van der Waals surface area contributed by atoms with E-state index in [-0.39, 0.29) is 6.10 Å². The monoisotopic (exact) mass is 234 g/mol. The average Bonchev–Trinajstić information content (AvgIpc) is 2.90. The molecule has 94 valence electrons. The Morgan fingerprint density at radius 3 is 2.76 bits per heavy atom. The Morgan fingerprint density at radius 1 is 1.41 bits per heavy atom. The van der Waals surface area contributed by atoms with E-state index in [1.807, 2.05) is 16.9 Å². The van der Waals surface area contributed by atoms with Crippen molar-refractivity contribution in [3.8, 4) is 0 Å². The van der Waals surface area contributed by atoms with Gasteiger partial charge in [0.1, 0.15) is 0 Å². The van der Waals surface area contributed by atoms with Crippen LogP contribution in [0.1, 0.15) is 50.8 Å². The highest BCUT2D eigenvalue weighted by Crippen LogP contribution is 2.60. The van der Waals surface area contributed by atoms with Crippen LogP contribution in [0.25, 0.3) is 0 Å². The van der Waals surface area contributed by atoms with Crippen LogP contribution >= 0.6 is 0 Å². The molecule has 0 radical (unpaired) electrons. The van der Waals surface area contributed by atoms with Crippen LogP contribution in [0.4, 0.5) is 0 Å². The first-order chi connectivity index (χ1) is 8.33. The third-order valence-electron chi connectivity index (χ3n) is 4.58. The molecule has 2 aliphatic rings. The Morgan fingerprint density at radius 2 is 2.12 bits per heavy atom. The lowest BCUT2D eigenvalue weighted by Gasteiger charge is -2.13. The van der Waals surface area contributed by atoms with E-state index >= 15 is 0 Å². The van der Waals surface area contributed by atoms with Gasteiger partial charge in [-0.1, -0.05) is 19.8 Å². The van der Waals surface area contributed by atoms with Gasteiger partial charge < -0.3 is 5.11 Å². The molecule has 0 aliphatic heterocycles. The number of aliphatic hydroxyl groups excluding tert-OH is 1. The van der Waals surface area contributed by atoms with E-state index in [9.17, 15) is 5.11 Å². The van der Waals surface area contributed by atoms with Crippen LogP contribution < -0.4 is 0 Å². The van der Waals surface area contributed by atoms with Gasteiger partial charge in [0.05, 0.1) is 11.8 Å². The molecule has 0 saturated heterocycles. The first-order valence-electron chi connectivity index (χ1n) is 7.02. The Labute approximate surface area is 103 Å². The summed E-state index contributed by atoms with van der Waals surface area (Å²) >= 11 is 0. The summed E-state index contributed by atoms with van der Waals surface area (Å²) in [5.74, 6) is 2.11. The van der Waals surface area contributed by atoms with E-state index in [1.54, 1.807) is 0 Å². The molecule has 0 spiro atoms. The summed E-state index contributed by atoms with van der Waals surface area (Å²) in [6.45, 7) is 3.07. The molecule has 3 unspecified atom stereocenters. The van der Waals surface area contributed by atoms with Gasteiger partial charge in [0.25, 0.3) is 0 Å².